The third kappa shape index (κ3) is 2.86. The minimum Gasteiger partial charge on any atom is -0.0533 e. The first-order valence-corrected chi connectivity index (χ1v) is 9.71. The molecule has 0 atom stereocenters. The molecule has 0 nitrogen and oxygen atoms in total. The second-order valence-corrected chi connectivity index (χ2v) is 8.00. The molecule has 1 aromatic carbocycles. The van der Waals surface area contributed by atoms with Crippen molar-refractivity contribution in [1.82, 2.24) is 0 Å². The zero-order valence-electron chi connectivity index (χ0n) is 15.2. The van der Waals surface area contributed by atoms with Crippen molar-refractivity contribution in [3.8, 4) is 0 Å². The summed E-state index contributed by atoms with van der Waals surface area (Å²) in [6, 6.07) is 0. The monoisotopic (exact) mass is 298 g/mol. The maximum absolute atomic E-state index is 2.45. The van der Waals surface area contributed by atoms with Crippen LogP contribution in [0.3, 0.4) is 0 Å². The minimum atomic E-state index is 0.843. The van der Waals surface area contributed by atoms with Crippen LogP contribution in [0.5, 0.6) is 0 Å². The van der Waals surface area contributed by atoms with Gasteiger partial charge in [-0.15, -0.1) is 0 Å². The van der Waals surface area contributed by atoms with E-state index in [2.05, 4.69) is 27.7 Å². The summed E-state index contributed by atoms with van der Waals surface area (Å²) < 4.78 is 0. The second-order valence-electron chi connectivity index (χ2n) is 8.00. The summed E-state index contributed by atoms with van der Waals surface area (Å²) >= 11 is 0. The van der Waals surface area contributed by atoms with Gasteiger partial charge < -0.3 is 0 Å². The molecule has 0 saturated heterocycles. The highest BCUT2D eigenvalue weighted by atomic mass is 14.3. The molecule has 0 N–H and O–H groups in total. The van der Waals surface area contributed by atoms with Gasteiger partial charge >= 0.3 is 0 Å². The third-order valence-electron chi connectivity index (χ3n) is 6.77. The number of benzene rings is 1. The van der Waals surface area contributed by atoms with Gasteiger partial charge in [-0.1, -0.05) is 38.5 Å². The highest BCUT2D eigenvalue weighted by Crippen LogP contribution is 2.44. The van der Waals surface area contributed by atoms with E-state index in [4.69, 9.17) is 0 Å². The predicted molar refractivity (Wildman–Crippen MR) is 97.0 cm³/mol. The topological polar surface area (TPSA) is 0 Å². The molecule has 0 heterocycles. The van der Waals surface area contributed by atoms with Gasteiger partial charge in [0.1, 0.15) is 0 Å². The zero-order valence-corrected chi connectivity index (χ0v) is 15.2. The van der Waals surface area contributed by atoms with Gasteiger partial charge in [0.05, 0.1) is 0 Å². The summed E-state index contributed by atoms with van der Waals surface area (Å²) in [7, 11) is 0. The molecule has 0 bridgehead atoms. The van der Waals surface area contributed by atoms with Crippen LogP contribution in [0.25, 0.3) is 0 Å². The van der Waals surface area contributed by atoms with Crippen molar-refractivity contribution >= 4 is 0 Å². The molecule has 3 rings (SSSR count). The van der Waals surface area contributed by atoms with Crippen molar-refractivity contribution in [2.75, 3.05) is 0 Å². The van der Waals surface area contributed by atoms with E-state index in [0.29, 0.717) is 0 Å². The Balaban J connectivity index is 2.07. The predicted octanol–water partition coefficient (Wildman–Crippen LogP) is 7.02. The van der Waals surface area contributed by atoms with E-state index < -0.39 is 0 Å². The molecule has 0 aliphatic heterocycles. The van der Waals surface area contributed by atoms with Crippen molar-refractivity contribution in [2.45, 2.75) is 104 Å². The third-order valence-corrected chi connectivity index (χ3v) is 6.77. The Bertz CT molecular complexity index is 480. The van der Waals surface area contributed by atoms with E-state index in [1.165, 1.54) is 64.2 Å². The molecule has 2 fully saturated rings. The van der Waals surface area contributed by atoms with E-state index in [-0.39, 0.29) is 0 Å². The molecular formula is C22H34. The fourth-order valence-electron chi connectivity index (χ4n) is 5.40. The van der Waals surface area contributed by atoms with Crippen molar-refractivity contribution in [3.63, 3.8) is 0 Å². The molecule has 2 aliphatic rings. The Morgan fingerprint density at radius 3 is 1.18 bits per heavy atom. The lowest BCUT2D eigenvalue weighted by Crippen LogP contribution is -2.15. The lowest BCUT2D eigenvalue weighted by Gasteiger charge is -2.32. The number of hydrogen-bond donors (Lipinski definition) is 0. The summed E-state index contributed by atoms with van der Waals surface area (Å²) in [5.74, 6) is 1.69. The van der Waals surface area contributed by atoms with Gasteiger partial charge in [0.25, 0.3) is 0 Å². The lowest BCUT2D eigenvalue weighted by molar-refractivity contribution is 0.431. The average molecular weight is 299 g/mol. The quantitative estimate of drug-likeness (QED) is 0.550. The van der Waals surface area contributed by atoms with Gasteiger partial charge in [0.15, 0.2) is 0 Å². The van der Waals surface area contributed by atoms with Crippen LogP contribution in [0.15, 0.2) is 0 Å². The van der Waals surface area contributed by atoms with E-state index >= 15 is 0 Å². The summed E-state index contributed by atoms with van der Waals surface area (Å²) in [6.45, 7) is 9.62. The summed E-state index contributed by atoms with van der Waals surface area (Å²) in [6.07, 6.45) is 14.4. The molecule has 22 heavy (non-hydrogen) atoms. The van der Waals surface area contributed by atoms with Gasteiger partial charge in [-0.2, -0.15) is 0 Å². The maximum Gasteiger partial charge on any atom is -0.0157 e. The normalized spacial score (nSPS) is 21.3. The van der Waals surface area contributed by atoms with Crippen molar-refractivity contribution in [1.29, 1.82) is 0 Å². The van der Waals surface area contributed by atoms with Crippen LogP contribution < -0.4 is 0 Å². The second kappa shape index (κ2) is 6.77. The first kappa shape index (κ1) is 16.1. The molecule has 0 amide bonds. The lowest BCUT2D eigenvalue weighted by atomic mass is 9.72. The summed E-state index contributed by atoms with van der Waals surface area (Å²) in [5.41, 5.74) is 10.0. The van der Waals surface area contributed by atoms with Crippen LogP contribution in [-0.2, 0) is 0 Å². The highest BCUT2D eigenvalue weighted by molar-refractivity contribution is 5.53. The molecule has 0 heteroatoms. The SMILES string of the molecule is Cc1c(C)c(C2CCCCC2)c(C)c(C2CCCCC2)c1C. The molecular weight excluding hydrogens is 264 g/mol. The Morgan fingerprint density at radius 1 is 0.455 bits per heavy atom. The molecule has 0 radical (unpaired) electrons. The molecule has 0 aromatic heterocycles. The van der Waals surface area contributed by atoms with Crippen LogP contribution in [0, 0.1) is 27.7 Å². The van der Waals surface area contributed by atoms with Gasteiger partial charge in [-0.25, -0.2) is 0 Å². The van der Waals surface area contributed by atoms with Gasteiger partial charge in [-0.3, -0.25) is 0 Å². The smallest absolute Gasteiger partial charge is 0.0157 e. The van der Waals surface area contributed by atoms with Crippen LogP contribution in [0.4, 0.5) is 0 Å². The summed E-state index contributed by atoms with van der Waals surface area (Å²) in [5, 5.41) is 0. The Morgan fingerprint density at radius 2 is 0.818 bits per heavy atom. The minimum absolute atomic E-state index is 0.843. The molecule has 0 unspecified atom stereocenters. The zero-order chi connectivity index (χ0) is 15.7. The van der Waals surface area contributed by atoms with E-state index in [9.17, 15) is 0 Å². The Hall–Kier alpha value is -0.780. The van der Waals surface area contributed by atoms with E-state index in [0.717, 1.165) is 11.8 Å². The average Bonchev–Trinajstić information content (AvgIpc) is 2.55. The fourth-order valence-corrected chi connectivity index (χ4v) is 5.40. The molecule has 0 spiro atoms. The van der Waals surface area contributed by atoms with Gasteiger partial charge in [0, 0.05) is 0 Å². The van der Waals surface area contributed by atoms with Crippen molar-refractivity contribution in [2.24, 2.45) is 0 Å². The molecule has 2 aliphatic carbocycles. The number of hydrogen-bond acceptors (Lipinski definition) is 0. The van der Waals surface area contributed by atoms with Crippen LogP contribution in [0.2, 0.25) is 0 Å². The fraction of sp³-hybridized carbons (Fsp3) is 0.727. The van der Waals surface area contributed by atoms with E-state index in [1.54, 1.807) is 33.4 Å². The Labute approximate surface area is 137 Å². The van der Waals surface area contributed by atoms with Crippen LogP contribution in [-0.4, -0.2) is 0 Å². The molecule has 1 aromatic rings. The van der Waals surface area contributed by atoms with Gasteiger partial charge in [-0.05, 0) is 98.6 Å². The first-order chi connectivity index (χ1) is 10.6. The van der Waals surface area contributed by atoms with Crippen molar-refractivity contribution in [3.05, 3.63) is 33.4 Å². The molecule has 122 valence electrons. The molecule has 2 saturated carbocycles. The van der Waals surface area contributed by atoms with Crippen LogP contribution >= 0.6 is 0 Å². The Kier molecular flexibility index (Phi) is 4.95. The first-order valence-electron chi connectivity index (χ1n) is 9.71. The van der Waals surface area contributed by atoms with Gasteiger partial charge in [0.2, 0.25) is 0 Å². The maximum atomic E-state index is 2.45. The number of rotatable bonds is 2. The van der Waals surface area contributed by atoms with Crippen LogP contribution in [0.1, 0.15) is 109 Å². The standard InChI is InChI=1S/C22H34/c1-15-16(2)21(19-11-7-5-8-12-19)18(4)22(17(15)3)20-13-9-6-10-14-20/h19-20H,5-14H2,1-4H3. The van der Waals surface area contributed by atoms with Crippen molar-refractivity contribution < 1.29 is 0 Å². The largest absolute Gasteiger partial charge is 0.0533 e. The highest BCUT2D eigenvalue weighted by Gasteiger charge is 2.27. The van der Waals surface area contributed by atoms with E-state index in [1.807, 2.05) is 0 Å². The summed E-state index contributed by atoms with van der Waals surface area (Å²) in [4.78, 5) is 0.